The summed E-state index contributed by atoms with van der Waals surface area (Å²) in [4.78, 5) is 0. The summed E-state index contributed by atoms with van der Waals surface area (Å²) < 4.78 is 0. The number of hydrogen-bond acceptors (Lipinski definition) is 0. The van der Waals surface area contributed by atoms with Crippen LogP contribution in [0.25, 0.3) is 11.1 Å². The summed E-state index contributed by atoms with van der Waals surface area (Å²) in [5, 5.41) is 0. The van der Waals surface area contributed by atoms with Crippen LogP contribution in [-0.4, -0.2) is 0 Å². The highest BCUT2D eigenvalue weighted by atomic mass is 14.2. The van der Waals surface area contributed by atoms with Gasteiger partial charge in [0.25, 0.3) is 0 Å². The van der Waals surface area contributed by atoms with Gasteiger partial charge in [0, 0.05) is 0 Å². The lowest BCUT2D eigenvalue weighted by Gasteiger charge is -2.20. The zero-order valence-electron chi connectivity index (χ0n) is 12.0. The lowest BCUT2D eigenvalue weighted by Crippen LogP contribution is -2.10. The maximum absolute atomic E-state index is 3.38. The van der Waals surface area contributed by atoms with E-state index in [1.165, 1.54) is 27.8 Å². The van der Waals surface area contributed by atoms with E-state index in [4.69, 9.17) is 0 Å². The molecule has 0 aliphatic carbocycles. The average Bonchev–Trinajstić information content (AvgIpc) is 2.28. The van der Waals surface area contributed by atoms with Gasteiger partial charge in [-0.05, 0) is 59.2 Å². The van der Waals surface area contributed by atoms with Crippen LogP contribution in [0.1, 0.15) is 37.5 Å². The van der Waals surface area contributed by atoms with Crippen LogP contribution in [0.5, 0.6) is 0 Å². The van der Waals surface area contributed by atoms with Crippen molar-refractivity contribution in [3.05, 3.63) is 59.2 Å². The van der Waals surface area contributed by atoms with E-state index < -0.39 is 0 Å². The minimum absolute atomic E-state index is 0.181. The van der Waals surface area contributed by atoms with Gasteiger partial charge < -0.3 is 0 Å². The molecule has 0 nitrogen and oxygen atoms in total. The first-order valence-corrected chi connectivity index (χ1v) is 6.48. The molecule has 1 radical (unpaired) electrons. The predicted octanol–water partition coefficient (Wildman–Crippen LogP) is 5.07. The van der Waals surface area contributed by atoms with Crippen LogP contribution in [0, 0.1) is 19.9 Å². The van der Waals surface area contributed by atoms with E-state index >= 15 is 0 Å². The van der Waals surface area contributed by atoms with E-state index in [0.29, 0.717) is 0 Å². The summed E-state index contributed by atoms with van der Waals surface area (Å²) >= 11 is 0. The van der Waals surface area contributed by atoms with Gasteiger partial charge in [-0.25, -0.2) is 0 Å². The molecule has 0 spiro atoms. The highest BCUT2D eigenvalue weighted by Crippen LogP contribution is 2.30. The number of hydrogen-bond donors (Lipinski definition) is 0. The molecule has 0 atom stereocenters. The Hall–Kier alpha value is -1.56. The van der Waals surface area contributed by atoms with Gasteiger partial charge in [0.2, 0.25) is 0 Å². The van der Waals surface area contributed by atoms with Crippen LogP contribution in [0.15, 0.2) is 36.4 Å². The second-order valence-electron chi connectivity index (χ2n) is 6.01. The monoisotopic (exact) mass is 237 g/mol. The third-order valence-corrected chi connectivity index (χ3v) is 3.42. The van der Waals surface area contributed by atoms with Gasteiger partial charge in [-0.3, -0.25) is 0 Å². The largest absolute Gasteiger partial charge is 0.0617 e. The maximum atomic E-state index is 3.38. The van der Waals surface area contributed by atoms with E-state index in [0.717, 1.165) is 0 Å². The van der Waals surface area contributed by atoms with E-state index in [1.807, 2.05) is 6.07 Å². The summed E-state index contributed by atoms with van der Waals surface area (Å²) in [7, 11) is 0. The molecule has 18 heavy (non-hydrogen) atoms. The fourth-order valence-corrected chi connectivity index (χ4v) is 2.32. The van der Waals surface area contributed by atoms with Crippen molar-refractivity contribution in [1.29, 1.82) is 0 Å². The van der Waals surface area contributed by atoms with Gasteiger partial charge in [0.15, 0.2) is 0 Å². The second kappa shape index (κ2) is 4.61. The summed E-state index contributed by atoms with van der Waals surface area (Å²) in [6.45, 7) is 11.1. The molecule has 2 aromatic rings. The van der Waals surface area contributed by atoms with E-state index in [-0.39, 0.29) is 5.41 Å². The van der Waals surface area contributed by atoms with Crippen molar-refractivity contribution in [3.63, 3.8) is 0 Å². The summed E-state index contributed by atoms with van der Waals surface area (Å²) in [6, 6.07) is 16.3. The molecule has 0 saturated carbocycles. The Morgan fingerprint density at radius 2 is 1.56 bits per heavy atom. The molecular formula is C18H21. The van der Waals surface area contributed by atoms with Crippen molar-refractivity contribution in [2.24, 2.45) is 0 Å². The molecule has 0 saturated heterocycles. The molecule has 0 amide bonds. The van der Waals surface area contributed by atoms with Crippen LogP contribution in [0.3, 0.4) is 0 Å². The smallest absolute Gasteiger partial charge is 0.00969 e. The molecule has 0 unspecified atom stereocenters. The molecule has 0 heterocycles. The zero-order chi connectivity index (χ0) is 13.3. The van der Waals surface area contributed by atoms with Crippen LogP contribution in [0.4, 0.5) is 0 Å². The van der Waals surface area contributed by atoms with E-state index in [2.05, 4.69) is 71.0 Å². The molecule has 0 heteroatoms. The highest BCUT2D eigenvalue weighted by molar-refractivity contribution is 5.70. The minimum Gasteiger partial charge on any atom is -0.0617 e. The highest BCUT2D eigenvalue weighted by Gasteiger charge is 2.15. The third kappa shape index (κ3) is 2.48. The van der Waals surface area contributed by atoms with E-state index in [1.54, 1.807) is 0 Å². The molecule has 0 aliphatic rings. The standard InChI is InChI=1S/C18H21/c1-13-8-6-9-14(2)17(13)15-10-7-11-16(12-15)18(3,4)5/h6-9,11-12H,1-5H3. The molecule has 93 valence electrons. The van der Waals surface area contributed by atoms with Gasteiger partial charge in [-0.1, -0.05) is 51.1 Å². The van der Waals surface area contributed by atoms with Crippen molar-refractivity contribution in [2.45, 2.75) is 40.0 Å². The first-order chi connectivity index (χ1) is 8.39. The van der Waals surface area contributed by atoms with Crippen molar-refractivity contribution < 1.29 is 0 Å². The lowest BCUT2D eigenvalue weighted by molar-refractivity contribution is 0.590. The van der Waals surface area contributed by atoms with Gasteiger partial charge >= 0.3 is 0 Å². The minimum atomic E-state index is 0.181. The second-order valence-corrected chi connectivity index (χ2v) is 6.01. The van der Waals surface area contributed by atoms with Crippen molar-refractivity contribution in [1.82, 2.24) is 0 Å². The Morgan fingerprint density at radius 3 is 2.11 bits per heavy atom. The van der Waals surface area contributed by atoms with Gasteiger partial charge in [-0.15, -0.1) is 0 Å². The third-order valence-electron chi connectivity index (χ3n) is 3.42. The summed E-state index contributed by atoms with van der Waals surface area (Å²) in [5.41, 5.74) is 6.70. The fourth-order valence-electron chi connectivity index (χ4n) is 2.32. The fraction of sp³-hybridized carbons (Fsp3) is 0.333. The van der Waals surface area contributed by atoms with E-state index in [9.17, 15) is 0 Å². The Kier molecular flexibility index (Phi) is 3.30. The SMILES string of the molecule is Cc1cccc(C)c1-c1[c]ccc(C(C)(C)C)c1. The topological polar surface area (TPSA) is 0 Å². The first-order valence-electron chi connectivity index (χ1n) is 6.48. The molecule has 2 aromatic carbocycles. The Labute approximate surface area is 111 Å². The van der Waals surface area contributed by atoms with Crippen LogP contribution < -0.4 is 0 Å². The maximum Gasteiger partial charge on any atom is -0.00969 e. The van der Waals surface area contributed by atoms with Crippen LogP contribution in [0.2, 0.25) is 0 Å². The summed E-state index contributed by atoms with van der Waals surface area (Å²) in [5.74, 6) is 0. The van der Waals surface area contributed by atoms with Crippen molar-refractivity contribution >= 4 is 0 Å². The Bertz CT molecular complexity index is 536. The van der Waals surface area contributed by atoms with Crippen molar-refractivity contribution in [2.75, 3.05) is 0 Å². The molecule has 0 fully saturated rings. The number of rotatable bonds is 1. The predicted molar refractivity (Wildman–Crippen MR) is 78.9 cm³/mol. The van der Waals surface area contributed by atoms with Gasteiger partial charge in [0.1, 0.15) is 0 Å². The van der Waals surface area contributed by atoms with Gasteiger partial charge in [0.05, 0.1) is 0 Å². The Morgan fingerprint density at radius 1 is 0.944 bits per heavy atom. The number of benzene rings is 2. The molecule has 2 rings (SSSR count). The molecule has 0 aromatic heterocycles. The average molecular weight is 237 g/mol. The molecule has 0 aliphatic heterocycles. The lowest BCUT2D eigenvalue weighted by atomic mass is 9.84. The number of aryl methyl sites for hydroxylation is 2. The van der Waals surface area contributed by atoms with Crippen LogP contribution in [-0.2, 0) is 5.41 Å². The molecule has 0 N–H and O–H groups in total. The van der Waals surface area contributed by atoms with Crippen molar-refractivity contribution in [3.8, 4) is 11.1 Å². The normalized spacial score (nSPS) is 11.6. The summed E-state index contributed by atoms with van der Waals surface area (Å²) in [6.07, 6.45) is 0. The Balaban J connectivity index is 2.59. The molecular weight excluding hydrogens is 216 g/mol. The molecule has 0 bridgehead atoms. The first kappa shape index (κ1) is 12.9. The van der Waals surface area contributed by atoms with Crippen LogP contribution >= 0.6 is 0 Å². The van der Waals surface area contributed by atoms with Gasteiger partial charge in [-0.2, -0.15) is 0 Å². The quantitative estimate of drug-likeness (QED) is 0.649. The zero-order valence-corrected chi connectivity index (χ0v) is 12.0.